The highest BCUT2D eigenvalue weighted by molar-refractivity contribution is 5.76. The lowest BCUT2D eigenvalue weighted by molar-refractivity contribution is -0.131. The molecule has 1 aliphatic rings. The highest BCUT2D eigenvalue weighted by atomic mass is 16.5. The van der Waals surface area contributed by atoms with E-state index in [1.54, 1.807) is 4.90 Å². The van der Waals surface area contributed by atoms with E-state index in [1.165, 1.54) is 12.8 Å². The van der Waals surface area contributed by atoms with Crippen LogP contribution in [0.5, 0.6) is 0 Å². The Bertz CT molecular complexity index is 229. The summed E-state index contributed by atoms with van der Waals surface area (Å²) < 4.78 is 5.52. The summed E-state index contributed by atoms with van der Waals surface area (Å²) in [5.74, 6) is 0.984. The smallest absolute Gasteiger partial charge is 0.223 e. The van der Waals surface area contributed by atoms with Crippen molar-refractivity contribution in [3.63, 3.8) is 0 Å². The number of hydrogen-bond donors (Lipinski definition) is 1. The molecule has 0 aromatic carbocycles. The van der Waals surface area contributed by atoms with Gasteiger partial charge in [0.05, 0.1) is 6.61 Å². The molecule has 0 radical (unpaired) electrons. The standard InChI is InChI=1S/C13H26N2O2/c1-4-14-11(2)9-13(16)15(3)7-8-17-10-12-5-6-12/h11-12,14H,4-10H2,1-3H3. The van der Waals surface area contributed by atoms with Gasteiger partial charge in [-0.25, -0.2) is 0 Å². The maximum Gasteiger partial charge on any atom is 0.223 e. The molecule has 1 rings (SSSR count). The summed E-state index contributed by atoms with van der Waals surface area (Å²) in [6, 6.07) is 0.252. The molecule has 0 aromatic heterocycles. The minimum Gasteiger partial charge on any atom is -0.379 e. The molecule has 17 heavy (non-hydrogen) atoms. The molecule has 0 heterocycles. The van der Waals surface area contributed by atoms with Gasteiger partial charge in [-0.2, -0.15) is 0 Å². The summed E-state index contributed by atoms with van der Waals surface area (Å²) >= 11 is 0. The zero-order chi connectivity index (χ0) is 12.7. The van der Waals surface area contributed by atoms with Crippen LogP contribution in [-0.4, -0.2) is 50.2 Å². The molecule has 100 valence electrons. The minimum absolute atomic E-state index is 0.188. The summed E-state index contributed by atoms with van der Waals surface area (Å²) in [5, 5.41) is 3.24. The number of hydrogen-bond acceptors (Lipinski definition) is 3. The van der Waals surface area contributed by atoms with Crippen molar-refractivity contribution in [2.75, 3.05) is 33.4 Å². The van der Waals surface area contributed by atoms with Crippen molar-refractivity contribution in [2.24, 2.45) is 5.92 Å². The number of rotatable bonds is 9. The van der Waals surface area contributed by atoms with Gasteiger partial charge in [0.2, 0.25) is 5.91 Å². The molecular weight excluding hydrogens is 216 g/mol. The van der Waals surface area contributed by atoms with Gasteiger partial charge in [-0.3, -0.25) is 4.79 Å². The van der Waals surface area contributed by atoms with Crippen molar-refractivity contribution in [3.05, 3.63) is 0 Å². The molecule has 0 bridgehead atoms. The van der Waals surface area contributed by atoms with Gasteiger partial charge in [-0.1, -0.05) is 6.92 Å². The van der Waals surface area contributed by atoms with E-state index >= 15 is 0 Å². The zero-order valence-electron chi connectivity index (χ0n) is 11.4. The molecule has 1 N–H and O–H groups in total. The largest absolute Gasteiger partial charge is 0.379 e. The summed E-state index contributed by atoms with van der Waals surface area (Å²) in [6.45, 7) is 7.23. The van der Waals surface area contributed by atoms with Gasteiger partial charge >= 0.3 is 0 Å². The quantitative estimate of drug-likeness (QED) is 0.619. The van der Waals surface area contributed by atoms with E-state index in [0.717, 1.165) is 19.1 Å². The van der Waals surface area contributed by atoms with E-state index in [2.05, 4.69) is 12.2 Å². The van der Waals surface area contributed by atoms with E-state index in [9.17, 15) is 4.79 Å². The highest BCUT2D eigenvalue weighted by Crippen LogP contribution is 2.28. The van der Waals surface area contributed by atoms with Gasteiger partial charge in [0.1, 0.15) is 0 Å². The van der Waals surface area contributed by atoms with Crippen LogP contribution in [0.4, 0.5) is 0 Å². The SMILES string of the molecule is CCNC(C)CC(=O)N(C)CCOCC1CC1. The first kappa shape index (κ1) is 14.5. The fourth-order valence-corrected chi connectivity index (χ4v) is 1.70. The maximum atomic E-state index is 11.8. The molecule has 1 fully saturated rings. The maximum absolute atomic E-state index is 11.8. The Kier molecular flexibility index (Phi) is 6.52. The normalized spacial score (nSPS) is 16.9. The first-order valence-corrected chi connectivity index (χ1v) is 6.68. The molecule has 1 unspecified atom stereocenters. The monoisotopic (exact) mass is 242 g/mol. The third kappa shape index (κ3) is 6.64. The number of nitrogens with zero attached hydrogens (tertiary/aromatic N) is 1. The summed E-state index contributed by atoms with van der Waals surface area (Å²) in [7, 11) is 1.85. The molecule has 4 nitrogen and oxygen atoms in total. The highest BCUT2D eigenvalue weighted by Gasteiger charge is 2.21. The Morgan fingerprint density at radius 1 is 1.53 bits per heavy atom. The molecule has 0 aliphatic heterocycles. The van der Waals surface area contributed by atoms with Gasteiger partial charge in [-0.05, 0) is 32.2 Å². The molecule has 1 amide bonds. The summed E-state index contributed by atoms with van der Waals surface area (Å²) in [5.41, 5.74) is 0. The van der Waals surface area contributed by atoms with Crippen molar-refractivity contribution in [1.82, 2.24) is 10.2 Å². The van der Waals surface area contributed by atoms with Crippen LogP contribution < -0.4 is 5.32 Å². The number of nitrogens with one attached hydrogen (secondary N) is 1. The molecule has 0 saturated heterocycles. The topological polar surface area (TPSA) is 41.6 Å². The molecule has 1 atom stereocenters. The van der Waals surface area contributed by atoms with Gasteiger partial charge in [-0.15, -0.1) is 0 Å². The van der Waals surface area contributed by atoms with Crippen LogP contribution in [-0.2, 0) is 9.53 Å². The van der Waals surface area contributed by atoms with Crippen LogP contribution >= 0.6 is 0 Å². The summed E-state index contributed by atoms with van der Waals surface area (Å²) in [6.07, 6.45) is 3.19. The second-order valence-electron chi connectivity index (χ2n) is 5.00. The van der Waals surface area contributed by atoms with Crippen LogP contribution in [0.1, 0.15) is 33.1 Å². The Balaban J connectivity index is 2.03. The number of likely N-dealkylation sites (N-methyl/N-ethyl adjacent to an activating group) is 1. The molecule has 1 aliphatic carbocycles. The molecular formula is C13H26N2O2. The van der Waals surface area contributed by atoms with Gasteiger partial charge < -0.3 is 15.0 Å². The third-order valence-corrected chi connectivity index (χ3v) is 3.08. The Morgan fingerprint density at radius 3 is 2.82 bits per heavy atom. The predicted octanol–water partition coefficient (Wildman–Crippen LogP) is 1.26. The van der Waals surface area contributed by atoms with Crippen molar-refractivity contribution in [3.8, 4) is 0 Å². The lowest BCUT2D eigenvalue weighted by Gasteiger charge is -2.20. The van der Waals surface area contributed by atoms with Crippen molar-refractivity contribution in [1.29, 1.82) is 0 Å². The molecule has 0 spiro atoms. The van der Waals surface area contributed by atoms with Gasteiger partial charge in [0.15, 0.2) is 0 Å². The second-order valence-corrected chi connectivity index (χ2v) is 5.00. The first-order valence-electron chi connectivity index (χ1n) is 6.68. The third-order valence-electron chi connectivity index (χ3n) is 3.08. The van der Waals surface area contributed by atoms with E-state index in [1.807, 2.05) is 14.0 Å². The van der Waals surface area contributed by atoms with Crippen molar-refractivity contribution < 1.29 is 9.53 Å². The van der Waals surface area contributed by atoms with Crippen LogP contribution in [0, 0.1) is 5.92 Å². The Hall–Kier alpha value is -0.610. The average molecular weight is 242 g/mol. The summed E-state index contributed by atoms with van der Waals surface area (Å²) in [4.78, 5) is 13.6. The lowest BCUT2D eigenvalue weighted by Crippen LogP contribution is -2.36. The Labute approximate surface area is 105 Å². The van der Waals surface area contributed by atoms with E-state index in [-0.39, 0.29) is 11.9 Å². The molecule has 1 saturated carbocycles. The first-order chi connectivity index (χ1) is 8.13. The average Bonchev–Trinajstić information content (AvgIpc) is 3.08. The van der Waals surface area contributed by atoms with Crippen LogP contribution in [0.2, 0.25) is 0 Å². The molecule has 0 aromatic rings. The predicted molar refractivity (Wildman–Crippen MR) is 68.9 cm³/mol. The molecule has 4 heteroatoms. The second kappa shape index (κ2) is 7.67. The van der Waals surface area contributed by atoms with Gasteiger partial charge in [0, 0.05) is 32.7 Å². The van der Waals surface area contributed by atoms with Crippen molar-refractivity contribution in [2.45, 2.75) is 39.2 Å². The van der Waals surface area contributed by atoms with Crippen LogP contribution in [0.25, 0.3) is 0 Å². The van der Waals surface area contributed by atoms with E-state index in [4.69, 9.17) is 4.74 Å². The minimum atomic E-state index is 0.188. The van der Waals surface area contributed by atoms with Gasteiger partial charge in [0.25, 0.3) is 0 Å². The van der Waals surface area contributed by atoms with Crippen molar-refractivity contribution >= 4 is 5.91 Å². The van der Waals surface area contributed by atoms with E-state index < -0.39 is 0 Å². The number of ether oxygens (including phenoxy) is 1. The fraction of sp³-hybridized carbons (Fsp3) is 0.923. The fourth-order valence-electron chi connectivity index (χ4n) is 1.70. The lowest BCUT2D eigenvalue weighted by atomic mass is 10.2. The number of carbonyl (C=O) groups is 1. The van der Waals surface area contributed by atoms with E-state index in [0.29, 0.717) is 19.6 Å². The zero-order valence-corrected chi connectivity index (χ0v) is 11.4. The van der Waals surface area contributed by atoms with Crippen LogP contribution in [0.15, 0.2) is 0 Å². The Morgan fingerprint density at radius 2 is 2.24 bits per heavy atom. The van der Waals surface area contributed by atoms with Crippen LogP contribution in [0.3, 0.4) is 0 Å². The number of amides is 1. The number of carbonyl (C=O) groups excluding carboxylic acids is 1.